The molecule has 7 heteroatoms. The molecule has 2 fully saturated rings. The number of fused-ring (bicyclic) bond motifs is 8. The van der Waals surface area contributed by atoms with E-state index in [4.69, 9.17) is 9.47 Å². The van der Waals surface area contributed by atoms with Crippen LogP contribution in [0.15, 0.2) is 66.2 Å². The van der Waals surface area contributed by atoms with Gasteiger partial charge in [-0.3, -0.25) is 4.40 Å². The monoisotopic (exact) mass is 533 g/mol. The third kappa shape index (κ3) is 2.60. The molecule has 0 atom stereocenters. The van der Waals surface area contributed by atoms with E-state index in [2.05, 4.69) is 65.1 Å². The molecule has 0 bridgehead atoms. The van der Waals surface area contributed by atoms with Crippen LogP contribution in [0.25, 0.3) is 63.7 Å². The van der Waals surface area contributed by atoms with Gasteiger partial charge in [-0.25, -0.2) is 9.59 Å². The molecule has 1 aliphatic carbocycles. The lowest BCUT2D eigenvalue weighted by Crippen LogP contribution is -2.44. The smallest absolute Gasteiger partial charge is 0.348 e. The normalized spacial score (nSPS) is 17.7. The van der Waals surface area contributed by atoms with Crippen LogP contribution in [-0.2, 0) is 19.1 Å². The molecule has 2 aliphatic rings. The van der Waals surface area contributed by atoms with Crippen molar-refractivity contribution in [2.45, 2.75) is 31.5 Å². The number of thiophene rings is 2. The van der Waals surface area contributed by atoms with Gasteiger partial charge in [0.15, 0.2) is 0 Å². The number of ether oxygens (including phenoxy) is 2. The number of nitrogens with zero attached hydrogens (tertiary/aromatic N) is 1. The molecule has 1 aliphatic heterocycles. The van der Waals surface area contributed by atoms with Gasteiger partial charge in [0.05, 0.1) is 15.7 Å². The van der Waals surface area contributed by atoms with Crippen LogP contribution in [0.3, 0.4) is 0 Å². The maximum absolute atomic E-state index is 12.8. The molecule has 0 radical (unpaired) electrons. The standard InChI is InChI=1S/C31H19NO4S2/c33-29-21(30(34)36-31(35-29)12-3-4-13-31)14-17-15-23-27(37-17)25-20-8-5-6-16-10-11-19-18-7-1-2-9-22(18)32(28(25)38-23)26(19)24(16)20/h1-2,5-11,14-15H,3-4,12-13H2. The topological polar surface area (TPSA) is 57.0 Å². The Balaban J connectivity index is 1.30. The zero-order valence-electron chi connectivity index (χ0n) is 20.1. The second-order valence-electron chi connectivity index (χ2n) is 10.3. The minimum Gasteiger partial charge on any atom is -0.419 e. The van der Waals surface area contributed by atoms with E-state index in [9.17, 15) is 9.59 Å². The molecular formula is C31H19NO4S2. The third-order valence-electron chi connectivity index (χ3n) is 8.16. The molecular weight excluding hydrogens is 514 g/mol. The van der Waals surface area contributed by atoms with E-state index in [1.807, 2.05) is 0 Å². The van der Waals surface area contributed by atoms with Crippen molar-refractivity contribution in [1.29, 1.82) is 0 Å². The highest BCUT2D eigenvalue weighted by atomic mass is 32.1. The van der Waals surface area contributed by atoms with Crippen LogP contribution in [0.1, 0.15) is 30.6 Å². The highest BCUT2D eigenvalue weighted by molar-refractivity contribution is 7.33. The number of carbonyl (C=O) groups excluding carboxylic acids is 2. The highest BCUT2D eigenvalue weighted by Crippen LogP contribution is 2.48. The summed E-state index contributed by atoms with van der Waals surface area (Å²) in [5.41, 5.74) is 2.43. The lowest BCUT2D eigenvalue weighted by Gasteiger charge is -2.32. The van der Waals surface area contributed by atoms with Crippen molar-refractivity contribution in [1.82, 2.24) is 4.40 Å². The quantitative estimate of drug-likeness (QED) is 0.122. The first-order valence-electron chi connectivity index (χ1n) is 12.8. The Morgan fingerprint density at radius 2 is 1.61 bits per heavy atom. The van der Waals surface area contributed by atoms with Gasteiger partial charge in [0, 0.05) is 44.0 Å². The van der Waals surface area contributed by atoms with Crippen molar-refractivity contribution in [2.24, 2.45) is 0 Å². The molecule has 5 nitrogen and oxygen atoms in total. The summed E-state index contributed by atoms with van der Waals surface area (Å²) >= 11 is 3.35. The van der Waals surface area contributed by atoms with Crippen LogP contribution in [-0.4, -0.2) is 22.1 Å². The summed E-state index contributed by atoms with van der Waals surface area (Å²) in [5, 5.41) is 7.45. The molecule has 0 N–H and O–H groups in total. The predicted octanol–water partition coefficient (Wildman–Crippen LogP) is 8.02. The van der Waals surface area contributed by atoms with E-state index in [0.717, 1.165) is 27.1 Å². The molecule has 0 unspecified atom stereocenters. The number of benzene rings is 3. The molecule has 3 aromatic carbocycles. The van der Waals surface area contributed by atoms with Crippen molar-refractivity contribution in [2.75, 3.05) is 0 Å². The Morgan fingerprint density at radius 3 is 2.45 bits per heavy atom. The van der Waals surface area contributed by atoms with Gasteiger partial charge in [-0.2, -0.15) is 0 Å². The van der Waals surface area contributed by atoms with E-state index in [0.29, 0.717) is 12.8 Å². The van der Waals surface area contributed by atoms with E-state index < -0.39 is 17.7 Å². The maximum atomic E-state index is 12.8. The Kier molecular flexibility index (Phi) is 3.95. The SMILES string of the molecule is O=C1OC2(CCCC2)OC(=O)C1=Cc1cc2sc3c(c4cccc5ccc6c7ccccc7n3c6c54)c2s1. The average Bonchev–Trinajstić information content (AvgIpc) is 3.67. The van der Waals surface area contributed by atoms with E-state index in [-0.39, 0.29) is 5.57 Å². The second-order valence-corrected chi connectivity index (χ2v) is 12.4. The molecule has 7 aromatic rings. The fourth-order valence-electron chi connectivity index (χ4n) is 6.54. The zero-order valence-corrected chi connectivity index (χ0v) is 21.7. The van der Waals surface area contributed by atoms with Gasteiger partial charge >= 0.3 is 11.9 Å². The van der Waals surface area contributed by atoms with Gasteiger partial charge in [0.25, 0.3) is 5.79 Å². The highest BCUT2D eigenvalue weighted by Gasteiger charge is 2.48. The average molecular weight is 534 g/mol. The van der Waals surface area contributed by atoms with Gasteiger partial charge in [-0.1, -0.05) is 48.5 Å². The maximum Gasteiger partial charge on any atom is 0.348 e. The molecule has 9 rings (SSSR count). The molecule has 4 aromatic heterocycles. The molecule has 1 saturated carbocycles. The van der Waals surface area contributed by atoms with Crippen LogP contribution < -0.4 is 0 Å². The van der Waals surface area contributed by atoms with Gasteiger partial charge in [-0.15, -0.1) is 22.7 Å². The summed E-state index contributed by atoms with van der Waals surface area (Å²) in [6.45, 7) is 0. The van der Waals surface area contributed by atoms with Crippen LogP contribution in [0.5, 0.6) is 0 Å². The van der Waals surface area contributed by atoms with Crippen LogP contribution in [0, 0.1) is 0 Å². The molecule has 0 amide bonds. The summed E-state index contributed by atoms with van der Waals surface area (Å²) in [7, 11) is 0. The number of pyridine rings is 1. The van der Waals surface area contributed by atoms with Gasteiger partial charge in [0.2, 0.25) is 0 Å². The first-order valence-corrected chi connectivity index (χ1v) is 14.4. The summed E-state index contributed by atoms with van der Waals surface area (Å²) in [6, 6.07) is 21.6. The van der Waals surface area contributed by atoms with Crippen LogP contribution in [0.4, 0.5) is 0 Å². The predicted molar refractivity (Wildman–Crippen MR) is 153 cm³/mol. The van der Waals surface area contributed by atoms with Gasteiger partial charge < -0.3 is 9.47 Å². The van der Waals surface area contributed by atoms with Crippen molar-refractivity contribution < 1.29 is 19.1 Å². The lowest BCUT2D eigenvalue weighted by molar-refractivity contribution is -0.232. The van der Waals surface area contributed by atoms with Crippen molar-refractivity contribution in [3.8, 4) is 0 Å². The van der Waals surface area contributed by atoms with Crippen LogP contribution in [0.2, 0.25) is 0 Å². The third-order valence-corrected chi connectivity index (χ3v) is 10.5. The summed E-state index contributed by atoms with van der Waals surface area (Å²) in [4.78, 5) is 27.7. The fourth-order valence-corrected chi connectivity index (χ4v) is 9.17. The Morgan fingerprint density at radius 1 is 0.816 bits per heavy atom. The number of aromatic nitrogens is 1. The van der Waals surface area contributed by atoms with Gasteiger partial charge in [-0.05, 0) is 41.8 Å². The number of para-hydroxylation sites is 1. The van der Waals surface area contributed by atoms with Crippen molar-refractivity contribution in [3.05, 3.63) is 71.1 Å². The summed E-state index contributed by atoms with van der Waals surface area (Å²) in [6.07, 6.45) is 4.58. The Labute approximate surface area is 223 Å². The van der Waals surface area contributed by atoms with E-state index >= 15 is 0 Å². The van der Waals surface area contributed by atoms with Crippen LogP contribution >= 0.6 is 22.7 Å². The first-order chi connectivity index (χ1) is 18.6. The lowest BCUT2D eigenvalue weighted by atomic mass is 10.0. The molecule has 38 heavy (non-hydrogen) atoms. The number of carbonyl (C=O) groups is 2. The molecule has 1 saturated heterocycles. The Bertz CT molecular complexity index is 2170. The fraction of sp³-hybridized carbons (Fsp3) is 0.161. The van der Waals surface area contributed by atoms with E-state index in [1.54, 1.807) is 28.7 Å². The number of rotatable bonds is 1. The van der Waals surface area contributed by atoms with Crippen molar-refractivity contribution >= 4 is 98.3 Å². The number of hydrogen-bond acceptors (Lipinski definition) is 6. The largest absolute Gasteiger partial charge is 0.419 e. The second kappa shape index (κ2) is 7.12. The molecule has 184 valence electrons. The zero-order chi connectivity index (χ0) is 25.2. The van der Waals surface area contributed by atoms with Gasteiger partial charge in [0.1, 0.15) is 10.4 Å². The summed E-state index contributed by atoms with van der Waals surface area (Å²) < 4.78 is 16.0. The van der Waals surface area contributed by atoms with E-state index in [1.165, 1.54) is 48.2 Å². The molecule has 5 heterocycles. The first kappa shape index (κ1) is 21.0. The summed E-state index contributed by atoms with van der Waals surface area (Å²) in [5.74, 6) is -2.22. The number of hydrogen-bond donors (Lipinski definition) is 0. The van der Waals surface area contributed by atoms with Crippen molar-refractivity contribution in [3.63, 3.8) is 0 Å². The molecule has 1 spiro atoms. The number of esters is 2. The minimum atomic E-state index is -1.06. The Hall–Kier alpha value is -3.94. The minimum absolute atomic E-state index is 0.0316.